The number of hydrogen-bond donors (Lipinski definition) is 0. The van der Waals surface area contributed by atoms with Crippen LogP contribution in [0.15, 0.2) is 30.3 Å². The van der Waals surface area contributed by atoms with E-state index in [4.69, 9.17) is 4.74 Å². The molecule has 1 aromatic carbocycles. The fourth-order valence-electron chi connectivity index (χ4n) is 3.85. The molecule has 3 unspecified atom stereocenters. The van der Waals surface area contributed by atoms with Gasteiger partial charge in [-0.1, -0.05) is 30.3 Å². The van der Waals surface area contributed by atoms with Crippen molar-refractivity contribution >= 4 is 5.91 Å². The SMILES string of the molecule is CC1CC(C(=O)N2CCCCC2Cc2ccccc2)CCO1. The van der Waals surface area contributed by atoms with E-state index in [-0.39, 0.29) is 12.0 Å². The predicted octanol–water partition coefficient (Wildman–Crippen LogP) is 3.43. The van der Waals surface area contributed by atoms with Gasteiger partial charge in [0, 0.05) is 25.1 Å². The molecule has 0 radical (unpaired) electrons. The van der Waals surface area contributed by atoms with Crippen molar-refractivity contribution in [3.8, 4) is 0 Å². The van der Waals surface area contributed by atoms with Crippen LogP contribution >= 0.6 is 0 Å². The highest BCUT2D eigenvalue weighted by Crippen LogP contribution is 2.27. The fourth-order valence-corrected chi connectivity index (χ4v) is 3.85. The second kappa shape index (κ2) is 7.28. The van der Waals surface area contributed by atoms with Gasteiger partial charge in [0.2, 0.25) is 5.91 Å². The lowest BCUT2D eigenvalue weighted by Gasteiger charge is -2.39. The summed E-state index contributed by atoms with van der Waals surface area (Å²) in [5, 5.41) is 0. The van der Waals surface area contributed by atoms with Gasteiger partial charge in [-0.3, -0.25) is 4.79 Å². The first-order valence-corrected chi connectivity index (χ1v) is 8.70. The molecule has 1 aromatic rings. The largest absolute Gasteiger partial charge is 0.378 e. The molecule has 0 spiro atoms. The van der Waals surface area contributed by atoms with Crippen molar-refractivity contribution in [2.24, 2.45) is 5.92 Å². The van der Waals surface area contributed by atoms with Crippen LogP contribution in [-0.4, -0.2) is 36.1 Å². The van der Waals surface area contributed by atoms with Crippen molar-refractivity contribution in [2.45, 2.75) is 57.6 Å². The van der Waals surface area contributed by atoms with Crippen LogP contribution in [0.2, 0.25) is 0 Å². The minimum atomic E-state index is 0.167. The van der Waals surface area contributed by atoms with E-state index in [0.29, 0.717) is 11.9 Å². The summed E-state index contributed by atoms with van der Waals surface area (Å²) in [5.74, 6) is 0.538. The summed E-state index contributed by atoms with van der Waals surface area (Å²) < 4.78 is 5.60. The van der Waals surface area contributed by atoms with Gasteiger partial charge in [-0.25, -0.2) is 0 Å². The number of piperidine rings is 1. The highest BCUT2D eigenvalue weighted by molar-refractivity contribution is 5.79. The molecule has 3 rings (SSSR count). The lowest BCUT2D eigenvalue weighted by molar-refractivity contribution is -0.144. The standard InChI is InChI=1S/C19H27NO2/c1-15-13-17(10-12-22-15)19(21)20-11-6-5-9-18(20)14-16-7-3-2-4-8-16/h2-4,7-8,15,17-18H,5-6,9-14H2,1H3. The average Bonchev–Trinajstić information content (AvgIpc) is 2.56. The Morgan fingerprint density at radius 2 is 2.05 bits per heavy atom. The lowest BCUT2D eigenvalue weighted by atomic mass is 9.90. The van der Waals surface area contributed by atoms with E-state index < -0.39 is 0 Å². The Labute approximate surface area is 133 Å². The summed E-state index contributed by atoms with van der Waals surface area (Å²) in [5.41, 5.74) is 1.34. The molecule has 0 bridgehead atoms. The van der Waals surface area contributed by atoms with Crippen LogP contribution in [-0.2, 0) is 16.0 Å². The van der Waals surface area contributed by atoms with Gasteiger partial charge < -0.3 is 9.64 Å². The Morgan fingerprint density at radius 1 is 1.23 bits per heavy atom. The van der Waals surface area contributed by atoms with Crippen LogP contribution in [0.4, 0.5) is 0 Å². The van der Waals surface area contributed by atoms with Crippen molar-refractivity contribution < 1.29 is 9.53 Å². The van der Waals surface area contributed by atoms with Gasteiger partial charge in [0.15, 0.2) is 0 Å². The molecule has 0 saturated carbocycles. The maximum absolute atomic E-state index is 13.0. The molecule has 2 fully saturated rings. The molecule has 22 heavy (non-hydrogen) atoms. The highest BCUT2D eigenvalue weighted by atomic mass is 16.5. The first kappa shape index (κ1) is 15.5. The zero-order chi connectivity index (χ0) is 15.4. The number of ether oxygens (including phenoxy) is 1. The summed E-state index contributed by atoms with van der Waals surface area (Å²) in [7, 11) is 0. The summed E-state index contributed by atoms with van der Waals surface area (Å²) in [6.07, 6.45) is 6.51. The van der Waals surface area contributed by atoms with E-state index in [1.807, 2.05) is 0 Å². The molecule has 3 nitrogen and oxygen atoms in total. The molecule has 2 aliphatic rings. The summed E-state index contributed by atoms with van der Waals surface area (Å²) in [6, 6.07) is 11.0. The molecular formula is C19H27NO2. The van der Waals surface area contributed by atoms with E-state index in [9.17, 15) is 4.79 Å². The molecule has 3 heteroatoms. The van der Waals surface area contributed by atoms with Crippen molar-refractivity contribution in [3.63, 3.8) is 0 Å². The molecule has 2 aliphatic heterocycles. The number of benzene rings is 1. The first-order chi connectivity index (χ1) is 10.7. The third kappa shape index (κ3) is 3.70. The normalized spacial score (nSPS) is 29.3. The summed E-state index contributed by atoms with van der Waals surface area (Å²) >= 11 is 0. The molecule has 120 valence electrons. The van der Waals surface area contributed by atoms with Crippen LogP contribution in [0.1, 0.15) is 44.6 Å². The highest BCUT2D eigenvalue weighted by Gasteiger charge is 2.33. The molecule has 0 N–H and O–H groups in total. The second-order valence-corrected chi connectivity index (χ2v) is 6.77. The number of carbonyl (C=O) groups excluding carboxylic acids is 1. The quantitative estimate of drug-likeness (QED) is 0.856. The Balaban J connectivity index is 1.67. The van der Waals surface area contributed by atoms with Gasteiger partial charge in [0.25, 0.3) is 0 Å². The smallest absolute Gasteiger partial charge is 0.226 e. The van der Waals surface area contributed by atoms with Gasteiger partial charge in [-0.15, -0.1) is 0 Å². The third-order valence-corrected chi connectivity index (χ3v) is 5.06. The Kier molecular flexibility index (Phi) is 5.14. The zero-order valence-corrected chi connectivity index (χ0v) is 13.5. The topological polar surface area (TPSA) is 29.5 Å². The van der Waals surface area contributed by atoms with Crippen molar-refractivity contribution in [2.75, 3.05) is 13.2 Å². The van der Waals surface area contributed by atoms with Gasteiger partial charge in [-0.2, -0.15) is 0 Å². The average molecular weight is 301 g/mol. The summed E-state index contributed by atoms with van der Waals surface area (Å²) in [6.45, 7) is 3.74. The van der Waals surface area contributed by atoms with Crippen LogP contribution in [0.5, 0.6) is 0 Å². The van der Waals surface area contributed by atoms with Crippen molar-refractivity contribution in [1.82, 2.24) is 4.90 Å². The number of carbonyl (C=O) groups is 1. The zero-order valence-electron chi connectivity index (χ0n) is 13.5. The Morgan fingerprint density at radius 3 is 2.82 bits per heavy atom. The van der Waals surface area contributed by atoms with E-state index in [1.54, 1.807) is 0 Å². The molecule has 3 atom stereocenters. The van der Waals surface area contributed by atoms with Gasteiger partial charge in [-0.05, 0) is 51.0 Å². The summed E-state index contributed by atoms with van der Waals surface area (Å²) in [4.78, 5) is 15.1. The van der Waals surface area contributed by atoms with E-state index in [1.165, 1.54) is 12.0 Å². The molecule has 2 heterocycles. The molecule has 2 saturated heterocycles. The Hall–Kier alpha value is -1.35. The van der Waals surface area contributed by atoms with Crippen LogP contribution < -0.4 is 0 Å². The number of amides is 1. The van der Waals surface area contributed by atoms with Crippen molar-refractivity contribution in [1.29, 1.82) is 0 Å². The Bertz CT molecular complexity index is 487. The minimum absolute atomic E-state index is 0.167. The predicted molar refractivity (Wildman–Crippen MR) is 87.6 cm³/mol. The van der Waals surface area contributed by atoms with Gasteiger partial charge in [0.05, 0.1) is 6.10 Å². The van der Waals surface area contributed by atoms with Crippen molar-refractivity contribution in [3.05, 3.63) is 35.9 Å². The van der Waals surface area contributed by atoms with Crippen LogP contribution in [0.3, 0.4) is 0 Å². The number of hydrogen-bond acceptors (Lipinski definition) is 2. The van der Waals surface area contributed by atoms with E-state index >= 15 is 0 Å². The lowest BCUT2D eigenvalue weighted by Crippen LogP contribution is -2.48. The number of likely N-dealkylation sites (tertiary alicyclic amines) is 1. The van der Waals surface area contributed by atoms with E-state index in [0.717, 1.165) is 45.3 Å². The van der Waals surface area contributed by atoms with Gasteiger partial charge >= 0.3 is 0 Å². The molecule has 0 aromatic heterocycles. The monoisotopic (exact) mass is 301 g/mol. The number of rotatable bonds is 3. The third-order valence-electron chi connectivity index (χ3n) is 5.06. The fraction of sp³-hybridized carbons (Fsp3) is 0.632. The molecule has 1 amide bonds. The number of nitrogens with zero attached hydrogens (tertiary/aromatic N) is 1. The van der Waals surface area contributed by atoms with Crippen LogP contribution in [0.25, 0.3) is 0 Å². The van der Waals surface area contributed by atoms with E-state index in [2.05, 4.69) is 42.2 Å². The maximum Gasteiger partial charge on any atom is 0.226 e. The molecule has 0 aliphatic carbocycles. The first-order valence-electron chi connectivity index (χ1n) is 8.70. The van der Waals surface area contributed by atoms with Gasteiger partial charge in [0.1, 0.15) is 0 Å². The van der Waals surface area contributed by atoms with Crippen LogP contribution in [0, 0.1) is 5.92 Å². The minimum Gasteiger partial charge on any atom is -0.378 e. The maximum atomic E-state index is 13.0. The second-order valence-electron chi connectivity index (χ2n) is 6.77. The molecular weight excluding hydrogens is 274 g/mol.